The Morgan fingerprint density at radius 3 is 0.862 bits per heavy atom. The smallest absolute Gasteiger partial charge is 0.736 e. The van der Waals surface area contributed by atoms with Gasteiger partial charge in [0.1, 0.15) is 23.0 Å². The van der Waals surface area contributed by atoms with Crippen LogP contribution in [-0.4, -0.2) is 48.9 Å². The maximum absolute atomic E-state index is 13.3. The molecule has 8 nitrogen and oxygen atoms in total. The molecule has 352 valence electrons. The van der Waals surface area contributed by atoms with Crippen molar-refractivity contribution in [2.24, 2.45) is 0 Å². The van der Waals surface area contributed by atoms with Crippen molar-refractivity contribution in [3.05, 3.63) is 115 Å². The number of phosphoric ester groups is 2. The Bertz CT molecular complexity index is 2350. The molecule has 0 aliphatic carbocycles. The number of rotatable bonds is 2. The van der Waals surface area contributed by atoms with Crippen molar-refractivity contribution in [2.45, 2.75) is 197 Å². The van der Waals surface area contributed by atoms with Gasteiger partial charge in [-0.25, -0.2) is 9.13 Å². The maximum atomic E-state index is 13.3. The van der Waals surface area contributed by atoms with E-state index < -0.39 is 15.6 Å². The van der Waals surface area contributed by atoms with Crippen LogP contribution < -0.4 is 27.9 Å². The molecule has 0 bridgehead atoms. The van der Waals surface area contributed by atoms with Crippen LogP contribution >= 0.6 is 15.6 Å². The molecule has 0 saturated carbocycles. The number of hydrogen-bond donors (Lipinski definition) is 0. The van der Waals surface area contributed by atoms with E-state index in [0.29, 0.717) is 48.7 Å². The van der Waals surface area contributed by atoms with E-state index in [-0.39, 0.29) is 81.4 Å². The number of fused-ring (bicyclic) bond motifs is 4. The standard InChI is InChI=1S/C29H43O4P.C25H35O4P.Ba/c1-26(2,3)20-14-18-13-19-15-21(27(4,5)6)17-23(29(10,11)12)25(19)33-34(30,31)32-24(18)22(16-20)28(7,8)9;1-9-16-12-20(24(3,4)5)14-18-11-19-15-21(25(6,7)8)13-17(10-2)23(19)29-30(26,27)28-22(16)18;/h14-17H,13H2,1-12H3,(H,30,31);12-15H,9-11H2,1-8H3,(H,26,27);/q;;+2/p-2. The zero-order chi connectivity index (χ0) is 48.6. The van der Waals surface area contributed by atoms with Crippen molar-refractivity contribution in [3.8, 4) is 23.0 Å². The summed E-state index contributed by atoms with van der Waals surface area (Å²) in [7, 11) is -9.24. The second kappa shape index (κ2) is 19.1. The van der Waals surface area contributed by atoms with Gasteiger partial charge < -0.3 is 27.9 Å². The summed E-state index contributed by atoms with van der Waals surface area (Å²) in [5.74, 6) is 1.66. The van der Waals surface area contributed by atoms with Crippen LogP contribution in [0.5, 0.6) is 23.0 Å². The molecule has 2 heterocycles. The fourth-order valence-electron chi connectivity index (χ4n) is 8.13. The van der Waals surface area contributed by atoms with Crippen LogP contribution in [0.3, 0.4) is 0 Å². The summed E-state index contributed by atoms with van der Waals surface area (Å²) >= 11 is 0. The minimum Gasteiger partial charge on any atom is -0.736 e. The zero-order valence-electron chi connectivity index (χ0n) is 43.3. The van der Waals surface area contributed by atoms with Gasteiger partial charge in [0.15, 0.2) is 0 Å². The van der Waals surface area contributed by atoms with Crippen molar-refractivity contribution in [1.29, 1.82) is 0 Å². The molecule has 4 aromatic rings. The number of hydrogen-bond acceptors (Lipinski definition) is 8. The molecule has 4 aromatic carbocycles. The first-order chi connectivity index (χ1) is 28.8. The number of phosphoric acid groups is 2. The second-order valence-corrected chi connectivity index (χ2v) is 26.6. The Hall–Kier alpha value is -1.97. The third-order valence-corrected chi connectivity index (χ3v) is 13.9. The molecular formula is C54H76BaO8P2. The fourth-order valence-corrected chi connectivity index (χ4v) is 10.00. The molecule has 6 rings (SSSR count). The van der Waals surface area contributed by atoms with E-state index >= 15 is 0 Å². The Balaban J connectivity index is 0.000000282. The van der Waals surface area contributed by atoms with Gasteiger partial charge in [0.05, 0.1) is 0 Å². The molecule has 65 heavy (non-hydrogen) atoms. The van der Waals surface area contributed by atoms with Crippen LogP contribution in [0.15, 0.2) is 48.5 Å². The Labute approximate surface area is 432 Å². The summed E-state index contributed by atoms with van der Waals surface area (Å²) in [5, 5.41) is 0. The summed E-state index contributed by atoms with van der Waals surface area (Å²) in [4.78, 5) is 26.1. The minimum atomic E-state index is -4.68. The molecule has 0 unspecified atom stereocenters. The number of aryl methyl sites for hydroxylation is 2. The summed E-state index contributed by atoms with van der Waals surface area (Å²) in [6, 6.07) is 16.7. The van der Waals surface area contributed by atoms with Crippen molar-refractivity contribution in [2.75, 3.05) is 0 Å². The van der Waals surface area contributed by atoms with E-state index in [1.54, 1.807) is 0 Å². The van der Waals surface area contributed by atoms with Gasteiger partial charge in [-0.05, 0) is 101 Å². The normalized spacial score (nSPS) is 16.0. The van der Waals surface area contributed by atoms with Crippen molar-refractivity contribution in [1.82, 2.24) is 0 Å². The summed E-state index contributed by atoms with van der Waals surface area (Å²) < 4.78 is 48.7. The van der Waals surface area contributed by atoms with Gasteiger partial charge in [-0.2, -0.15) is 0 Å². The van der Waals surface area contributed by atoms with E-state index in [4.69, 9.17) is 18.1 Å². The molecule has 0 aromatic heterocycles. The van der Waals surface area contributed by atoms with Gasteiger partial charge in [0.25, 0.3) is 0 Å². The quantitative estimate of drug-likeness (QED) is 0.144. The van der Waals surface area contributed by atoms with Crippen LogP contribution in [0.4, 0.5) is 0 Å². The summed E-state index contributed by atoms with van der Waals surface area (Å²) in [5.41, 5.74) is 10.8. The first-order valence-electron chi connectivity index (χ1n) is 22.9. The van der Waals surface area contributed by atoms with Crippen LogP contribution in [-0.2, 0) is 67.3 Å². The summed E-state index contributed by atoms with van der Waals surface area (Å²) in [6.07, 6.45) is 2.46. The molecule has 0 amide bonds. The first-order valence-corrected chi connectivity index (χ1v) is 25.9. The second-order valence-electron chi connectivity index (χ2n) is 24.1. The van der Waals surface area contributed by atoms with E-state index in [9.17, 15) is 18.9 Å². The van der Waals surface area contributed by atoms with Crippen LogP contribution in [0.25, 0.3) is 0 Å². The third kappa shape index (κ3) is 13.2. The van der Waals surface area contributed by atoms with E-state index in [2.05, 4.69) is 173 Å². The van der Waals surface area contributed by atoms with E-state index in [0.717, 1.165) is 55.6 Å². The average Bonchev–Trinajstić information content (AvgIpc) is 3.09. The van der Waals surface area contributed by atoms with Gasteiger partial charge in [0, 0.05) is 24.0 Å². The van der Waals surface area contributed by atoms with E-state index in [1.807, 2.05) is 13.8 Å². The van der Waals surface area contributed by atoms with Crippen LogP contribution in [0, 0.1) is 0 Å². The predicted octanol–water partition coefficient (Wildman–Crippen LogP) is 13.6. The zero-order valence-corrected chi connectivity index (χ0v) is 49.5. The van der Waals surface area contributed by atoms with E-state index in [1.165, 1.54) is 11.1 Å². The first kappa shape index (κ1) is 55.6. The van der Waals surface area contributed by atoms with Gasteiger partial charge in [-0.1, -0.05) is 187 Å². The van der Waals surface area contributed by atoms with Crippen molar-refractivity contribution < 1.29 is 37.0 Å². The third-order valence-electron chi connectivity index (χ3n) is 12.2. The molecule has 0 radical (unpaired) electrons. The molecule has 0 spiro atoms. The molecule has 2 aliphatic rings. The Kier molecular flexibility index (Phi) is 16.3. The molecule has 0 fully saturated rings. The maximum Gasteiger partial charge on any atom is 2.00 e. The van der Waals surface area contributed by atoms with Gasteiger partial charge in [0.2, 0.25) is 0 Å². The molecular weight excluding hydrogens is 976 g/mol. The SMILES string of the molecule is CC(C)(C)c1cc2c(c(C(C)(C)C)c1)OP(=O)([O-])Oc1c(cc(C(C)(C)C)cc1C(C)(C)C)C2.CCc1cc(C(C)(C)C)cc2c1OP(=O)([O-])Oc1c(CC)cc(C(C)(C)C)cc1C2.[Ba+2]. The van der Waals surface area contributed by atoms with Gasteiger partial charge in [-0.15, -0.1) is 0 Å². The van der Waals surface area contributed by atoms with Gasteiger partial charge >= 0.3 is 64.5 Å². The van der Waals surface area contributed by atoms with Gasteiger partial charge in [-0.3, -0.25) is 0 Å². The van der Waals surface area contributed by atoms with Crippen molar-refractivity contribution in [3.63, 3.8) is 0 Å². The largest absolute Gasteiger partial charge is 2.00 e. The average molecular weight is 1050 g/mol. The van der Waals surface area contributed by atoms with Crippen LogP contribution in [0.2, 0.25) is 0 Å². The minimum absolute atomic E-state index is 0. The molecule has 0 atom stereocenters. The molecule has 0 N–H and O–H groups in total. The van der Waals surface area contributed by atoms with Crippen LogP contribution in [0.1, 0.15) is 205 Å². The molecule has 11 heteroatoms. The topological polar surface area (TPSA) is 117 Å². The summed E-state index contributed by atoms with van der Waals surface area (Å²) in [6.45, 7) is 42.6. The predicted molar refractivity (Wildman–Crippen MR) is 266 cm³/mol. The van der Waals surface area contributed by atoms with Crippen molar-refractivity contribution >= 4 is 64.5 Å². The molecule has 2 aliphatic heterocycles. The fraction of sp³-hybridized carbons (Fsp3) is 0.556. The molecule has 0 saturated heterocycles. The Morgan fingerprint density at radius 1 is 0.400 bits per heavy atom. The monoisotopic (exact) mass is 1050 g/mol. The number of benzene rings is 4. The Morgan fingerprint density at radius 2 is 0.631 bits per heavy atom.